The Morgan fingerprint density at radius 2 is 1.50 bits per heavy atom. The zero-order valence-corrected chi connectivity index (χ0v) is 11.2. The van der Waals surface area contributed by atoms with E-state index in [9.17, 15) is 19.8 Å². The second kappa shape index (κ2) is 5.17. The predicted molar refractivity (Wildman–Crippen MR) is 75.3 cm³/mol. The van der Waals surface area contributed by atoms with Gasteiger partial charge in [-0.25, -0.2) is 9.59 Å². The Morgan fingerprint density at radius 1 is 0.900 bits per heavy atom. The first kappa shape index (κ1) is 13.8. The minimum atomic E-state index is -1.06. The highest BCUT2D eigenvalue weighted by Crippen LogP contribution is 2.30. The third-order valence-corrected chi connectivity index (χ3v) is 3.43. The van der Waals surface area contributed by atoms with Gasteiger partial charge in [0.2, 0.25) is 0 Å². The van der Waals surface area contributed by atoms with Crippen LogP contribution in [0.4, 0.5) is 0 Å². The SMILES string of the molecule is Cc1c(C(=O)O)cc(-c2ccccc2)c(C(=O)O)c1C. The quantitative estimate of drug-likeness (QED) is 0.896. The summed E-state index contributed by atoms with van der Waals surface area (Å²) in [5.41, 5.74) is 2.37. The molecule has 0 aromatic heterocycles. The van der Waals surface area contributed by atoms with Crippen molar-refractivity contribution in [3.8, 4) is 11.1 Å². The van der Waals surface area contributed by atoms with Gasteiger partial charge >= 0.3 is 11.9 Å². The van der Waals surface area contributed by atoms with Crippen LogP contribution in [0.1, 0.15) is 31.8 Å². The fourth-order valence-corrected chi connectivity index (χ4v) is 2.26. The van der Waals surface area contributed by atoms with E-state index >= 15 is 0 Å². The molecular weight excluding hydrogens is 256 g/mol. The van der Waals surface area contributed by atoms with Crippen LogP contribution in [-0.2, 0) is 0 Å². The summed E-state index contributed by atoms with van der Waals surface area (Å²) in [6, 6.07) is 10.4. The van der Waals surface area contributed by atoms with Gasteiger partial charge in [-0.2, -0.15) is 0 Å². The number of aromatic carboxylic acids is 2. The lowest BCUT2D eigenvalue weighted by atomic mass is 9.89. The molecule has 0 atom stereocenters. The Kier molecular flexibility index (Phi) is 3.57. The normalized spacial score (nSPS) is 10.3. The molecule has 4 heteroatoms. The maximum Gasteiger partial charge on any atom is 0.336 e. The van der Waals surface area contributed by atoms with Gasteiger partial charge in [0.1, 0.15) is 0 Å². The molecule has 0 aliphatic heterocycles. The van der Waals surface area contributed by atoms with Gasteiger partial charge in [0.05, 0.1) is 11.1 Å². The van der Waals surface area contributed by atoms with E-state index in [1.165, 1.54) is 6.07 Å². The van der Waals surface area contributed by atoms with Gasteiger partial charge < -0.3 is 10.2 Å². The number of carbonyl (C=O) groups is 2. The van der Waals surface area contributed by atoms with Gasteiger partial charge in [-0.05, 0) is 42.2 Å². The monoisotopic (exact) mass is 270 g/mol. The summed E-state index contributed by atoms with van der Waals surface area (Å²) in [7, 11) is 0. The molecule has 0 bridgehead atoms. The largest absolute Gasteiger partial charge is 0.478 e. The molecule has 0 heterocycles. The zero-order chi connectivity index (χ0) is 14.9. The molecule has 20 heavy (non-hydrogen) atoms. The molecule has 0 radical (unpaired) electrons. The topological polar surface area (TPSA) is 74.6 Å². The van der Waals surface area contributed by atoms with Crippen LogP contribution < -0.4 is 0 Å². The molecular formula is C16H14O4. The van der Waals surface area contributed by atoms with Crippen molar-refractivity contribution in [2.45, 2.75) is 13.8 Å². The van der Waals surface area contributed by atoms with E-state index in [0.717, 1.165) is 0 Å². The van der Waals surface area contributed by atoms with Gasteiger partial charge in [0.25, 0.3) is 0 Å². The number of hydrogen-bond acceptors (Lipinski definition) is 2. The van der Waals surface area contributed by atoms with Gasteiger partial charge in [-0.15, -0.1) is 0 Å². The van der Waals surface area contributed by atoms with Crippen LogP contribution in [0.5, 0.6) is 0 Å². The van der Waals surface area contributed by atoms with Crippen LogP contribution in [0, 0.1) is 13.8 Å². The summed E-state index contributed by atoms with van der Waals surface area (Å²) in [6.45, 7) is 3.26. The molecule has 0 saturated heterocycles. The molecule has 0 unspecified atom stereocenters. The van der Waals surface area contributed by atoms with Crippen molar-refractivity contribution >= 4 is 11.9 Å². The minimum Gasteiger partial charge on any atom is -0.478 e. The van der Waals surface area contributed by atoms with Crippen molar-refractivity contribution < 1.29 is 19.8 Å². The predicted octanol–water partition coefficient (Wildman–Crippen LogP) is 3.37. The molecule has 4 nitrogen and oxygen atoms in total. The maximum absolute atomic E-state index is 11.5. The van der Waals surface area contributed by atoms with Crippen molar-refractivity contribution in [2.75, 3.05) is 0 Å². The Morgan fingerprint density at radius 3 is 2.00 bits per heavy atom. The number of rotatable bonds is 3. The van der Waals surface area contributed by atoms with Crippen LogP contribution in [-0.4, -0.2) is 22.2 Å². The van der Waals surface area contributed by atoms with E-state index < -0.39 is 11.9 Å². The highest BCUT2D eigenvalue weighted by molar-refractivity contribution is 6.01. The summed E-state index contributed by atoms with van der Waals surface area (Å²) in [6.07, 6.45) is 0. The lowest BCUT2D eigenvalue weighted by molar-refractivity contribution is 0.0680. The Bertz CT molecular complexity index is 687. The molecule has 0 fully saturated rings. The highest BCUT2D eigenvalue weighted by atomic mass is 16.4. The molecule has 2 N–H and O–H groups in total. The van der Waals surface area contributed by atoms with E-state index in [0.29, 0.717) is 22.3 Å². The van der Waals surface area contributed by atoms with Gasteiger partial charge in [-0.1, -0.05) is 30.3 Å². The number of carboxylic acids is 2. The van der Waals surface area contributed by atoms with Gasteiger partial charge in [0.15, 0.2) is 0 Å². The third kappa shape index (κ3) is 2.28. The van der Waals surface area contributed by atoms with Gasteiger partial charge in [-0.3, -0.25) is 0 Å². The first-order valence-electron chi connectivity index (χ1n) is 6.09. The van der Waals surface area contributed by atoms with Crippen molar-refractivity contribution in [1.82, 2.24) is 0 Å². The highest BCUT2D eigenvalue weighted by Gasteiger charge is 2.21. The molecule has 0 saturated carbocycles. The van der Waals surface area contributed by atoms with Crippen LogP contribution in [0.15, 0.2) is 36.4 Å². The van der Waals surface area contributed by atoms with Crippen LogP contribution in [0.25, 0.3) is 11.1 Å². The number of hydrogen-bond donors (Lipinski definition) is 2. The minimum absolute atomic E-state index is 0.131. The summed E-state index contributed by atoms with van der Waals surface area (Å²) < 4.78 is 0. The van der Waals surface area contributed by atoms with Crippen molar-refractivity contribution in [2.24, 2.45) is 0 Å². The zero-order valence-electron chi connectivity index (χ0n) is 11.2. The summed E-state index contributed by atoms with van der Waals surface area (Å²) in [5.74, 6) is -2.11. The molecule has 0 aliphatic rings. The molecule has 0 amide bonds. The summed E-state index contributed by atoms with van der Waals surface area (Å²) >= 11 is 0. The molecule has 102 valence electrons. The fraction of sp³-hybridized carbons (Fsp3) is 0.125. The van der Waals surface area contributed by atoms with E-state index in [4.69, 9.17) is 0 Å². The van der Waals surface area contributed by atoms with Crippen molar-refractivity contribution in [3.05, 3.63) is 58.7 Å². The van der Waals surface area contributed by atoms with Crippen molar-refractivity contribution in [3.63, 3.8) is 0 Å². The maximum atomic E-state index is 11.5. The fourth-order valence-electron chi connectivity index (χ4n) is 2.26. The first-order chi connectivity index (χ1) is 9.43. The molecule has 2 aromatic carbocycles. The number of carboxylic acid groups (broad SMARTS) is 2. The van der Waals surface area contributed by atoms with Crippen molar-refractivity contribution in [1.29, 1.82) is 0 Å². The lowest BCUT2D eigenvalue weighted by Crippen LogP contribution is -2.10. The van der Waals surface area contributed by atoms with E-state index in [2.05, 4.69) is 0 Å². The Labute approximate surface area is 116 Å². The summed E-state index contributed by atoms with van der Waals surface area (Å²) in [5, 5.41) is 18.7. The molecule has 2 rings (SSSR count). The molecule has 0 aliphatic carbocycles. The second-order valence-electron chi connectivity index (χ2n) is 4.57. The van der Waals surface area contributed by atoms with E-state index in [1.807, 2.05) is 6.07 Å². The summed E-state index contributed by atoms with van der Waals surface area (Å²) in [4.78, 5) is 22.8. The smallest absolute Gasteiger partial charge is 0.336 e. The van der Waals surface area contributed by atoms with Crippen LogP contribution in [0.2, 0.25) is 0 Å². The lowest BCUT2D eigenvalue weighted by Gasteiger charge is -2.14. The van der Waals surface area contributed by atoms with Crippen LogP contribution >= 0.6 is 0 Å². The second-order valence-corrected chi connectivity index (χ2v) is 4.57. The van der Waals surface area contributed by atoms with Crippen LogP contribution in [0.3, 0.4) is 0 Å². The number of benzene rings is 2. The average molecular weight is 270 g/mol. The third-order valence-electron chi connectivity index (χ3n) is 3.43. The van der Waals surface area contributed by atoms with Gasteiger partial charge in [0, 0.05) is 0 Å². The molecule has 0 spiro atoms. The van der Waals surface area contributed by atoms with E-state index in [-0.39, 0.29) is 11.1 Å². The Hall–Kier alpha value is -2.62. The Balaban J connectivity index is 2.84. The molecule has 2 aromatic rings. The van der Waals surface area contributed by atoms with E-state index in [1.54, 1.807) is 38.1 Å². The standard InChI is InChI=1S/C16H14O4/c1-9-10(2)14(16(19)20)13(8-12(9)15(17)18)11-6-4-3-5-7-11/h3-8H,1-2H3,(H,17,18)(H,19,20). The average Bonchev–Trinajstić information content (AvgIpc) is 2.41. The first-order valence-corrected chi connectivity index (χ1v) is 6.09.